The molecule has 10 aromatic heterocycles. The Hall–Kier alpha value is -13.7. The fourth-order valence-corrected chi connectivity index (χ4v) is 18.8. The van der Waals surface area contributed by atoms with Crippen LogP contribution in [0.3, 0.4) is 0 Å². The van der Waals surface area contributed by atoms with Gasteiger partial charge in [0.1, 0.15) is 28.4 Å². The molecule has 0 saturated heterocycles. The standard InChI is InChI=1S/C29H26N3.C24H32N3.C23H30N3.C20H24N3.C18H20N3/c1-21-17-18-30-22(2)29(21)32-20-25(19-31(32)3)28-26(23-11-6-4-7-12-23)15-10-16-27(28)24-13-8-5-9-14-24;1-15(2)21-10-9-11-22(16(3)4)23(21)20-13-26(8)27(14-20)24-17(5)12-18(6)25-19(24)7;1-15(2)20-9-8-10-21(16(3)4)22(20)19-13-25(7)26(14-19)23-17(5)11-12-24-18(23)6;1-13-8-7-9-14(2)19(13)18-11-22(6)23(12-18)20-15(3)10-16(4)21-17(20)5;1-13-10-14(2)19-15(3)18(13)21-12-17(11-20(21)4)16-8-6-5-7-9-16/h4-20H,1-3H3;9-16H,1-8H3;8-16H,1-7H3;7-12H,1-6H3;5-12H,1-4H3/q5*+1. The molecule has 0 bridgehead atoms. The van der Waals surface area contributed by atoms with Crippen LogP contribution in [0.1, 0.15) is 186 Å². The molecule has 0 radical (unpaired) electrons. The lowest BCUT2D eigenvalue weighted by Gasteiger charge is -2.18. The maximum absolute atomic E-state index is 4.69. The number of pyridine rings is 5. The molecular formula is C114H132N15+5. The first kappa shape index (κ1) is 93.0. The number of hydrogen-bond donors (Lipinski definition) is 0. The average molecular weight is 1710 g/mol. The van der Waals surface area contributed by atoms with Crippen LogP contribution >= 0.6 is 0 Å². The molecule has 0 spiro atoms. The SMILES string of the molecule is Cc1cc(C)c(-n2cc(-c3c(C(C)C)cccc3C(C)C)c[n+]2C)c(C)n1.Cc1cc(C)c(-n2cc(-c3c(C)cccc3C)c[n+]2C)c(C)n1.Cc1cc(C)c(-n2cc(-c3ccccc3)c[n+]2C)c(C)n1.Cc1ccnc(C)c1-n1cc(-c2c(-c3ccccc3)cccc2-c2ccccc2)c[n+]1C.Cc1ccnc(C)c1-n1cc(-c2c(C(C)C)cccc2C(C)C)c[n+]1C. The van der Waals surface area contributed by atoms with Crippen LogP contribution in [0.25, 0.3) is 106 Å². The van der Waals surface area contributed by atoms with Gasteiger partial charge in [-0.15, -0.1) is 46.8 Å². The summed E-state index contributed by atoms with van der Waals surface area (Å²) < 4.78 is 21.7. The van der Waals surface area contributed by atoms with Gasteiger partial charge in [0.15, 0.2) is 35.2 Å². The summed E-state index contributed by atoms with van der Waals surface area (Å²) in [5.74, 6) is 1.94. The Morgan fingerprint density at radius 2 is 0.481 bits per heavy atom. The van der Waals surface area contributed by atoms with E-state index >= 15 is 0 Å². The Morgan fingerprint density at radius 3 is 0.775 bits per heavy atom. The highest BCUT2D eigenvalue weighted by Crippen LogP contribution is 2.43. The average Bonchev–Trinajstić information content (AvgIpc) is 1.61. The summed E-state index contributed by atoms with van der Waals surface area (Å²) in [6.07, 6.45) is 25.9. The third-order valence-corrected chi connectivity index (χ3v) is 24.6. The van der Waals surface area contributed by atoms with E-state index in [0.29, 0.717) is 23.7 Å². The lowest BCUT2D eigenvalue weighted by Crippen LogP contribution is -2.37. The van der Waals surface area contributed by atoms with Gasteiger partial charge in [0.2, 0.25) is 31.0 Å². The second-order valence-corrected chi connectivity index (χ2v) is 36.2. The molecule has 0 fully saturated rings. The van der Waals surface area contributed by atoms with Crippen LogP contribution in [-0.4, -0.2) is 48.3 Å². The van der Waals surface area contributed by atoms with Gasteiger partial charge in [0.25, 0.3) is 0 Å². The van der Waals surface area contributed by atoms with Crippen molar-refractivity contribution < 1.29 is 23.4 Å². The number of rotatable bonds is 16. The van der Waals surface area contributed by atoms with E-state index in [9.17, 15) is 0 Å². The first-order valence-corrected chi connectivity index (χ1v) is 45.3. The molecule has 15 nitrogen and oxygen atoms in total. The number of nitrogens with zero attached hydrogens (tertiary/aromatic N) is 15. The van der Waals surface area contributed by atoms with Crippen molar-refractivity contribution in [3.05, 3.63) is 375 Å². The monoisotopic (exact) mass is 1710 g/mol. The van der Waals surface area contributed by atoms with Crippen molar-refractivity contribution in [2.24, 2.45) is 35.2 Å². The van der Waals surface area contributed by atoms with Crippen molar-refractivity contribution >= 4 is 0 Å². The summed E-state index contributed by atoms with van der Waals surface area (Å²) in [5, 5.41) is 0. The van der Waals surface area contributed by atoms with Gasteiger partial charge in [0.05, 0.1) is 87.3 Å². The summed E-state index contributed by atoms with van der Waals surface area (Å²) in [7, 11) is 10.4. The molecule has 658 valence electrons. The number of benzene rings is 7. The summed E-state index contributed by atoms with van der Waals surface area (Å²) >= 11 is 0. The van der Waals surface area contributed by atoms with Gasteiger partial charge < -0.3 is 0 Å². The lowest BCUT2D eigenvalue weighted by molar-refractivity contribution is -0.744. The molecule has 0 amide bonds. The van der Waals surface area contributed by atoms with Gasteiger partial charge in [0, 0.05) is 35.0 Å². The zero-order valence-electron chi connectivity index (χ0n) is 81.4. The first-order chi connectivity index (χ1) is 61.6. The highest BCUT2D eigenvalue weighted by Gasteiger charge is 2.29. The molecule has 0 saturated carbocycles. The number of aromatic nitrogens is 15. The number of aryl methyl sites for hydroxylation is 20. The molecule has 0 aliphatic heterocycles. The van der Waals surface area contributed by atoms with Crippen molar-refractivity contribution in [1.29, 1.82) is 0 Å². The fourth-order valence-electron chi connectivity index (χ4n) is 18.8. The molecule has 0 atom stereocenters. The Bertz CT molecular complexity index is 6620. The maximum Gasteiger partial charge on any atom is 0.203 e. The Morgan fingerprint density at radius 1 is 0.225 bits per heavy atom. The van der Waals surface area contributed by atoms with Crippen LogP contribution in [0.15, 0.2) is 268 Å². The topological polar surface area (TPSA) is 108 Å². The minimum atomic E-state index is 0.483. The summed E-state index contributed by atoms with van der Waals surface area (Å²) in [6, 6.07) is 68.8. The first-order valence-electron chi connectivity index (χ1n) is 45.3. The second kappa shape index (κ2) is 40.1. The Kier molecular flexibility index (Phi) is 28.9. The van der Waals surface area contributed by atoms with E-state index < -0.39 is 0 Å². The summed E-state index contributed by atoms with van der Waals surface area (Å²) in [6.45, 7) is 49.8. The van der Waals surface area contributed by atoms with Crippen molar-refractivity contribution in [3.8, 4) is 106 Å². The third kappa shape index (κ3) is 20.3. The van der Waals surface area contributed by atoms with Crippen LogP contribution in [0.5, 0.6) is 0 Å². The highest BCUT2D eigenvalue weighted by molar-refractivity contribution is 5.94. The van der Waals surface area contributed by atoms with E-state index in [1.165, 1.54) is 145 Å². The van der Waals surface area contributed by atoms with Crippen molar-refractivity contribution in [2.45, 2.75) is 183 Å². The van der Waals surface area contributed by atoms with E-state index in [0.717, 1.165) is 68.3 Å². The molecule has 0 aliphatic rings. The van der Waals surface area contributed by atoms with Crippen molar-refractivity contribution in [2.75, 3.05) is 0 Å². The van der Waals surface area contributed by atoms with Crippen LogP contribution in [0, 0.1) is 104 Å². The second-order valence-electron chi connectivity index (χ2n) is 36.2. The van der Waals surface area contributed by atoms with Gasteiger partial charge in [-0.25, -0.2) is 0 Å². The Labute approximate surface area is 766 Å². The molecule has 17 rings (SSSR count). The van der Waals surface area contributed by atoms with Gasteiger partial charge in [-0.1, -0.05) is 219 Å². The van der Waals surface area contributed by atoms with Crippen LogP contribution in [0.2, 0.25) is 0 Å². The quantitative estimate of drug-likeness (QED) is 0.0896. The molecule has 7 aromatic carbocycles. The van der Waals surface area contributed by atoms with E-state index in [4.69, 9.17) is 4.98 Å². The predicted molar refractivity (Wildman–Crippen MR) is 529 cm³/mol. The van der Waals surface area contributed by atoms with E-state index in [1.807, 2.05) is 32.3 Å². The normalized spacial score (nSPS) is 11.2. The lowest BCUT2D eigenvalue weighted by atomic mass is 9.86. The maximum atomic E-state index is 4.69. The molecule has 15 heteroatoms. The fraction of sp³-hybridized carbons (Fsp3) is 0.281. The minimum Gasteiger partial charge on any atom is -0.259 e. The molecule has 0 N–H and O–H groups in total. The zero-order chi connectivity index (χ0) is 92.7. The minimum absolute atomic E-state index is 0.483. The van der Waals surface area contributed by atoms with E-state index in [1.54, 1.807) is 0 Å². The predicted octanol–water partition coefficient (Wildman–Crippen LogP) is 24.3. The highest BCUT2D eigenvalue weighted by atomic mass is 15.4. The van der Waals surface area contributed by atoms with Gasteiger partial charge in [-0.2, -0.15) is 0 Å². The van der Waals surface area contributed by atoms with E-state index in [-0.39, 0.29) is 0 Å². The molecule has 17 aromatic rings. The molecule has 129 heavy (non-hydrogen) atoms. The van der Waals surface area contributed by atoms with Crippen LogP contribution in [0.4, 0.5) is 0 Å². The molecule has 0 unspecified atom stereocenters. The van der Waals surface area contributed by atoms with Crippen molar-refractivity contribution in [1.82, 2.24) is 48.3 Å². The van der Waals surface area contributed by atoms with Crippen LogP contribution in [-0.2, 0) is 35.2 Å². The van der Waals surface area contributed by atoms with Gasteiger partial charge in [-0.05, 0) is 264 Å². The smallest absolute Gasteiger partial charge is 0.203 e. The molecule has 10 heterocycles. The summed E-state index contributed by atoms with van der Waals surface area (Å²) in [4.78, 5) is 23.0. The van der Waals surface area contributed by atoms with Gasteiger partial charge >= 0.3 is 0 Å². The molecule has 0 aliphatic carbocycles. The summed E-state index contributed by atoms with van der Waals surface area (Å²) in [5.41, 5.74) is 46.2. The van der Waals surface area contributed by atoms with Crippen molar-refractivity contribution in [3.63, 3.8) is 0 Å². The zero-order valence-corrected chi connectivity index (χ0v) is 81.4. The number of hydrogen-bond acceptors (Lipinski definition) is 5. The molecular weight excluding hydrogens is 1580 g/mol. The van der Waals surface area contributed by atoms with Gasteiger partial charge in [-0.3, -0.25) is 24.9 Å². The van der Waals surface area contributed by atoms with E-state index in [2.05, 4.69) is 497 Å². The largest absolute Gasteiger partial charge is 0.259 e. The van der Waals surface area contributed by atoms with Crippen LogP contribution < -0.4 is 23.4 Å². The third-order valence-electron chi connectivity index (χ3n) is 24.6. The Balaban J connectivity index is 0.000000139.